The van der Waals surface area contributed by atoms with E-state index in [4.69, 9.17) is 0 Å². The molecule has 0 radical (unpaired) electrons. The lowest BCUT2D eigenvalue weighted by Crippen LogP contribution is -2.76. The summed E-state index contributed by atoms with van der Waals surface area (Å²) in [5, 5.41) is 23.3. The van der Waals surface area contributed by atoms with E-state index in [1.807, 2.05) is 12.1 Å². The number of aryl methyl sites for hydroxylation is 3. The molecule has 0 aromatic heterocycles. The zero-order valence-corrected chi connectivity index (χ0v) is 29.3. The first-order valence-corrected chi connectivity index (χ1v) is 17.5. The summed E-state index contributed by atoms with van der Waals surface area (Å²) in [7, 11) is 0. The van der Waals surface area contributed by atoms with E-state index in [0.29, 0.717) is 5.56 Å². The van der Waals surface area contributed by atoms with E-state index < -0.39 is 69.0 Å². The maximum absolute atomic E-state index is 14.5. The summed E-state index contributed by atoms with van der Waals surface area (Å²) in [5.41, 5.74) is 0.748. The van der Waals surface area contributed by atoms with Crippen molar-refractivity contribution < 1.29 is 34.2 Å². The van der Waals surface area contributed by atoms with Gasteiger partial charge in [-0.3, -0.25) is 24.0 Å². The molecule has 7 nitrogen and oxygen atoms in total. The first-order chi connectivity index (χ1) is 23.1. The van der Waals surface area contributed by atoms with E-state index in [-0.39, 0.29) is 24.2 Å². The molecule has 2 N–H and O–H groups in total. The van der Waals surface area contributed by atoms with Crippen molar-refractivity contribution in [1.82, 2.24) is 0 Å². The lowest BCUT2D eigenvalue weighted by Gasteiger charge is -2.61. The minimum absolute atomic E-state index is 0.0153. The summed E-state index contributed by atoms with van der Waals surface area (Å²) in [5.74, 6) is -8.90. The molecule has 7 heteroatoms. The van der Waals surface area contributed by atoms with Gasteiger partial charge >= 0.3 is 0 Å². The third-order valence-corrected chi connectivity index (χ3v) is 11.9. The Morgan fingerprint density at radius 1 is 0.857 bits per heavy atom. The molecule has 0 heterocycles. The summed E-state index contributed by atoms with van der Waals surface area (Å²) in [6.45, 7) is 10.2. The smallest absolute Gasteiger partial charge is 0.190 e. The van der Waals surface area contributed by atoms with Crippen LogP contribution in [-0.2, 0) is 44.9 Å². The molecule has 0 aliphatic heterocycles. The van der Waals surface area contributed by atoms with Crippen molar-refractivity contribution in [3.05, 3.63) is 88.5 Å². The number of hydrogen-bond donors (Lipinski definition) is 2. The van der Waals surface area contributed by atoms with Crippen LogP contribution in [-0.4, -0.2) is 44.7 Å². The highest BCUT2D eigenvalue weighted by atomic mass is 16.3. The summed E-state index contributed by atoms with van der Waals surface area (Å²) in [4.78, 5) is 69.1. The van der Waals surface area contributed by atoms with Crippen molar-refractivity contribution in [2.24, 2.45) is 34.5 Å². The number of Topliss-reactive ketones (excluding diaryl/α,β-unsaturated/α-hetero) is 5. The fourth-order valence-electron chi connectivity index (χ4n) is 9.70. The van der Waals surface area contributed by atoms with E-state index in [1.165, 1.54) is 22.8 Å². The van der Waals surface area contributed by atoms with Crippen LogP contribution < -0.4 is 0 Å². The highest BCUT2D eigenvalue weighted by Crippen LogP contribution is 2.64. The fourth-order valence-corrected chi connectivity index (χ4v) is 9.70. The molecule has 3 unspecified atom stereocenters. The number of phenols is 1. The Bertz CT molecular complexity index is 1870. The quantitative estimate of drug-likeness (QED) is 0.264. The monoisotopic (exact) mass is 662 g/mol. The van der Waals surface area contributed by atoms with Gasteiger partial charge in [0.05, 0.1) is 11.5 Å². The van der Waals surface area contributed by atoms with Gasteiger partial charge in [0, 0.05) is 11.3 Å². The molecule has 0 spiro atoms. The Morgan fingerprint density at radius 2 is 1.43 bits per heavy atom. The number of aliphatic hydroxyl groups is 1. The second-order valence-corrected chi connectivity index (χ2v) is 15.5. The summed E-state index contributed by atoms with van der Waals surface area (Å²) in [6.07, 6.45) is 4.15. The summed E-state index contributed by atoms with van der Waals surface area (Å²) < 4.78 is 0. The van der Waals surface area contributed by atoms with E-state index in [0.717, 1.165) is 43.7 Å². The van der Waals surface area contributed by atoms with Crippen LogP contribution >= 0.6 is 0 Å². The lowest BCUT2D eigenvalue weighted by atomic mass is 9.40. The van der Waals surface area contributed by atoms with Crippen molar-refractivity contribution >= 4 is 28.9 Å². The molecule has 0 saturated heterocycles. The van der Waals surface area contributed by atoms with Gasteiger partial charge in [-0.15, -0.1) is 0 Å². The average molecular weight is 663 g/mol. The summed E-state index contributed by atoms with van der Waals surface area (Å²) in [6, 6.07) is 20.2. The average Bonchev–Trinajstić information content (AvgIpc) is 3.03. The Morgan fingerprint density at radius 3 is 1.98 bits per heavy atom. The van der Waals surface area contributed by atoms with E-state index in [9.17, 15) is 34.2 Å². The van der Waals surface area contributed by atoms with Crippen LogP contribution in [0.4, 0.5) is 0 Å². The Balaban J connectivity index is 1.34. The first kappa shape index (κ1) is 34.6. The molecule has 0 amide bonds. The molecule has 3 aromatic rings. The Kier molecular flexibility index (Phi) is 8.67. The number of hydrogen-bond acceptors (Lipinski definition) is 7. The number of ketones is 5. The SMILES string of the molecule is CCc1ccc(CCCc2ccc(-c3ccc(O)c4c3C[C@]3(C)C[C@]5(C)C(C(C)C)C(=O)C(C(C)=O)C(=O)[C@]5(O)C(=O)C3C4=O)cc2)cc1. The van der Waals surface area contributed by atoms with Crippen molar-refractivity contribution in [2.45, 2.75) is 85.7 Å². The molecule has 6 rings (SSSR count). The molecule has 3 aliphatic carbocycles. The largest absolute Gasteiger partial charge is 0.507 e. The fraction of sp³-hybridized carbons (Fsp3) is 0.452. The minimum atomic E-state index is -2.70. The predicted molar refractivity (Wildman–Crippen MR) is 186 cm³/mol. The maximum atomic E-state index is 14.5. The molecule has 49 heavy (non-hydrogen) atoms. The Hall–Kier alpha value is -4.23. The minimum Gasteiger partial charge on any atom is -0.507 e. The van der Waals surface area contributed by atoms with Gasteiger partial charge in [0.1, 0.15) is 17.5 Å². The van der Waals surface area contributed by atoms with E-state index >= 15 is 0 Å². The molecule has 2 fully saturated rings. The van der Waals surface area contributed by atoms with Crippen LogP contribution in [0.3, 0.4) is 0 Å². The number of benzene rings is 3. The topological polar surface area (TPSA) is 126 Å². The normalized spacial score (nSPS) is 29.4. The number of aromatic hydroxyl groups is 1. The third-order valence-electron chi connectivity index (χ3n) is 11.9. The van der Waals surface area contributed by atoms with Crippen LogP contribution in [0.25, 0.3) is 11.1 Å². The molecule has 3 aliphatic rings. The van der Waals surface area contributed by atoms with Crippen LogP contribution in [0, 0.1) is 34.5 Å². The predicted octanol–water partition coefficient (Wildman–Crippen LogP) is 6.50. The maximum Gasteiger partial charge on any atom is 0.190 e. The third kappa shape index (κ3) is 5.24. The van der Waals surface area contributed by atoms with Crippen molar-refractivity contribution in [1.29, 1.82) is 0 Å². The molecule has 3 aromatic carbocycles. The number of rotatable bonds is 8. The standard InChI is InChI=1S/C42H46O7/c1-7-25-11-13-26(14-12-25)9-8-10-27-15-17-28(18-16-27)29-19-20-31(44)33-30(29)21-40(5)22-41(6)34(23(2)3)36(45)32(24(4)43)38(47)42(41,49)39(48)35(40)37(33)46/h11-20,23,32,34-35,44,49H,7-10,21-22H2,1-6H3/t32?,34?,35?,40-,41-,42+/m1/s1. The molecular formula is C42H46O7. The highest BCUT2D eigenvalue weighted by molar-refractivity contribution is 6.32. The number of carbonyl (C=O) groups excluding carboxylic acids is 5. The number of carbonyl (C=O) groups is 5. The van der Waals surface area contributed by atoms with Gasteiger partial charge in [-0.05, 0) is 96.2 Å². The zero-order valence-electron chi connectivity index (χ0n) is 29.3. The van der Waals surface area contributed by atoms with E-state index in [1.54, 1.807) is 33.8 Å². The van der Waals surface area contributed by atoms with Gasteiger partial charge in [-0.1, -0.05) is 89.2 Å². The summed E-state index contributed by atoms with van der Waals surface area (Å²) >= 11 is 0. The molecule has 2 saturated carbocycles. The van der Waals surface area contributed by atoms with Gasteiger partial charge in [0.15, 0.2) is 28.7 Å². The Labute approximate surface area is 288 Å². The van der Waals surface area contributed by atoms with Crippen molar-refractivity contribution in [2.75, 3.05) is 0 Å². The van der Waals surface area contributed by atoms with Crippen molar-refractivity contribution in [3.63, 3.8) is 0 Å². The van der Waals surface area contributed by atoms with Crippen LogP contribution in [0.5, 0.6) is 5.75 Å². The molecule has 0 bridgehead atoms. The zero-order chi connectivity index (χ0) is 35.6. The second kappa shape index (κ2) is 12.3. The number of phenolic OH excluding ortho intramolecular Hbond substituents is 1. The lowest BCUT2D eigenvalue weighted by molar-refractivity contribution is -0.205. The van der Waals surface area contributed by atoms with Gasteiger partial charge in [0.2, 0.25) is 0 Å². The second-order valence-electron chi connectivity index (χ2n) is 15.5. The van der Waals surface area contributed by atoms with Crippen LogP contribution in [0.2, 0.25) is 0 Å². The van der Waals surface area contributed by atoms with E-state index in [2.05, 4.69) is 43.3 Å². The van der Waals surface area contributed by atoms with Gasteiger partial charge in [0.25, 0.3) is 0 Å². The number of fused-ring (bicyclic) bond motifs is 3. The van der Waals surface area contributed by atoms with Crippen LogP contribution in [0.15, 0.2) is 60.7 Å². The molecular weight excluding hydrogens is 616 g/mol. The molecule has 256 valence electrons. The van der Waals surface area contributed by atoms with Crippen LogP contribution in [0.1, 0.15) is 87.0 Å². The molecule has 6 atom stereocenters. The highest BCUT2D eigenvalue weighted by Gasteiger charge is 2.76. The van der Waals surface area contributed by atoms with Crippen molar-refractivity contribution in [3.8, 4) is 16.9 Å². The first-order valence-electron chi connectivity index (χ1n) is 17.5. The van der Waals surface area contributed by atoms with Gasteiger partial charge in [-0.2, -0.15) is 0 Å². The van der Waals surface area contributed by atoms with Gasteiger partial charge < -0.3 is 10.2 Å². The van der Waals surface area contributed by atoms with Gasteiger partial charge in [-0.25, -0.2) is 0 Å².